The topological polar surface area (TPSA) is 60.7 Å². The van der Waals surface area contributed by atoms with Crippen molar-refractivity contribution in [1.29, 1.82) is 0 Å². The molecule has 0 saturated heterocycles. The van der Waals surface area contributed by atoms with Gasteiger partial charge in [-0.15, -0.1) is 0 Å². The molecule has 0 heterocycles. The van der Waals surface area contributed by atoms with Crippen molar-refractivity contribution in [3.63, 3.8) is 0 Å². The first-order valence-electron chi connectivity index (χ1n) is 4.02. The van der Waals surface area contributed by atoms with E-state index in [0.29, 0.717) is 6.42 Å². The van der Waals surface area contributed by atoms with E-state index >= 15 is 0 Å². The molecule has 1 rings (SSSR count). The summed E-state index contributed by atoms with van der Waals surface area (Å²) in [5, 5.41) is 28.3. The molecule has 1 aliphatic carbocycles. The summed E-state index contributed by atoms with van der Waals surface area (Å²) in [7, 11) is 0. The van der Waals surface area contributed by atoms with Gasteiger partial charge in [-0.25, -0.2) is 0 Å². The molecule has 0 aliphatic heterocycles. The molecule has 4 atom stereocenters. The Hall–Kier alpha value is -0.120. The van der Waals surface area contributed by atoms with Crippen LogP contribution in [-0.4, -0.2) is 33.1 Å². The first-order chi connectivity index (χ1) is 4.93. The SMILES string of the molecule is CC1CC(O)CC(C)(O)C1O. The fraction of sp³-hybridized carbons (Fsp3) is 1.00. The maximum absolute atomic E-state index is 9.57. The first-order valence-corrected chi connectivity index (χ1v) is 4.02. The molecule has 11 heavy (non-hydrogen) atoms. The van der Waals surface area contributed by atoms with Crippen LogP contribution >= 0.6 is 0 Å². The van der Waals surface area contributed by atoms with Crippen molar-refractivity contribution in [2.45, 2.75) is 44.5 Å². The highest BCUT2D eigenvalue weighted by Gasteiger charge is 2.41. The second-order valence-corrected chi connectivity index (χ2v) is 3.87. The van der Waals surface area contributed by atoms with Crippen molar-refractivity contribution in [3.05, 3.63) is 0 Å². The number of rotatable bonds is 0. The van der Waals surface area contributed by atoms with Gasteiger partial charge < -0.3 is 15.3 Å². The molecule has 3 N–H and O–H groups in total. The van der Waals surface area contributed by atoms with E-state index in [1.165, 1.54) is 0 Å². The maximum Gasteiger partial charge on any atom is 0.0904 e. The van der Waals surface area contributed by atoms with Gasteiger partial charge in [-0.05, 0) is 19.3 Å². The number of hydrogen-bond donors (Lipinski definition) is 3. The third-order valence-electron chi connectivity index (χ3n) is 2.47. The Labute approximate surface area is 66.7 Å². The summed E-state index contributed by atoms with van der Waals surface area (Å²) in [5.41, 5.74) is -1.11. The number of hydrogen-bond acceptors (Lipinski definition) is 3. The van der Waals surface area contributed by atoms with Crippen LogP contribution in [0, 0.1) is 5.92 Å². The van der Waals surface area contributed by atoms with Crippen molar-refractivity contribution in [2.24, 2.45) is 5.92 Å². The largest absolute Gasteiger partial charge is 0.393 e. The van der Waals surface area contributed by atoms with Gasteiger partial charge in [0.05, 0.1) is 17.8 Å². The van der Waals surface area contributed by atoms with Crippen LogP contribution in [0.2, 0.25) is 0 Å². The summed E-state index contributed by atoms with van der Waals surface area (Å²) < 4.78 is 0. The summed E-state index contributed by atoms with van der Waals surface area (Å²) >= 11 is 0. The van der Waals surface area contributed by atoms with Gasteiger partial charge in [-0.2, -0.15) is 0 Å². The Morgan fingerprint density at radius 3 is 2.36 bits per heavy atom. The molecular formula is C8H16O3. The minimum atomic E-state index is -1.11. The summed E-state index contributed by atoms with van der Waals surface area (Å²) in [5.74, 6) is -0.0197. The molecule has 0 amide bonds. The fourth-order valence-electron chi connectivity index (χ4n) is 1.85. The van der Waals surface area contributed by atoms with E-state index in [9.17, 15) is 15.3 Å². The zero-order chi connectivity index (χ0) is 8.65. The van der Waals surface area contributed by atoms with Crippen molar-refractivity contribution < 1.29 is 15.3 Å². The standard InChI is InChI=1S/C8H16O3/c1-5-3-6(9)4-8(2,11)7(5)10/h5-7,9-11H,3-4H2,1-2H3. The van der Waals surface area contributed by atoms with Gasteiger partial charge >= 0.3 is 0 Å². The second kappa shape index (κ2) is 2.73. The third-order valence-corrected chi connectivity index (χ3v) is 2.47. The molecule has 0 aromatic rings. The van der Waals surface area contributed by atoms with Crippen LogP contribution in [0.25, 0.3) is 0 Å². The van der Waals surface area contributed by atoms with Crippen molar-refractivity contribution in [2.75, 3.05) is 0 Å². The van der Waals surface area contributed by atoms with Gasteiger partial charge in [0, 0.05) is 6.42 Å². The molecule has 0 aromatic carbocycles. The molecule has 0 spiro atoms. The summed E-state index contributed by atoms with van der Waals surface area (Å²) in [6.45, 7) is 3.40. The highest BCUT2D eigenvalue weighted by Crippen LogP contribution is 2.32. The summed E-state index contributed by atoms with van der Waals surface area (Å²) in [4.78, 5) is 0. The average Bonchev–Trinajstić information content (AvgIpc) is 1.81. The Balaban J connectivity index is 2.67. The van der Waals surface area contributed by atoms with E-state index in [2.05, 4.69) is 0 Å². The Morgan fingerprint density at radius 1 is 1.36 bits per heavy atom. The monoisotopic (exact) mass is 160 g/mol. The lowest BCUT2D eigenvalue weighted by atomic mass is 9.76. The average molecular weight is 160 g/mol. The van der Waals surface area contributed by atoms with Crippen LogP contribution in [0.5, 0.6) is 0 Å². The Bertz CT molecular complexity index is 144. The summed E-state index contributed by atoms with van der Waals surface area (Å²) in [6.07, 6.45) is -0.315. The maximum atomic E-state index is 9.57. The number of aliphatic hydroxyl groups is 3. The fourth-order valence-corrected chi connectivity index (χ4v) is 1.85. The molecule has 0 radical (unpaired) electrons. The second-order valence-electron chi connectivity index (χ2n) is 3.87. The van der Waals surface area contributed by atoms with Gasteiger partial charge in [-0.3, -0.25) is 0 Å². The van der Waals surface area contributed by atoms with E-state index in [1.54, 1.807) is 6.92 Å². The molecule has 0 aromatic heterocycles. The molecule has 1 fully saturated rings. The third kappa shape index (κ3) is 1.72. The first kappa shape index (κ1) is 8.97. The van der Waals surface area contributed by atoms with Crippen LogP contribution < -0.4 is 0 Å². The molecule has 1 aliphatic rings. The minimum Gasteiger partial charge on any atom is -0.393 e. The molecule has 66 valence electrons. The molecule has 3 heteroatoms. The van der Waals surface area contributed by atoms with Gasteiger partial charge in [0.25, 0.3) is 0 Å². The quantitative estimate of drug-likeness (QED) is 0.463. The van der Waals surface area contributed by atoms with Crippen LogP contribution in [-0.2, 0) is 0 Å². The normalized spacial score (nSPS) is 52.6. The van der Waals surface area contributed by atoms with Crippen LogP contribution in [0.1, 0.15) is 26.7 Å². The van der Waals surface area contributed by atoms with Crippen LogP contribution in [0.4, 0.5) is 0 Å². The van der Waals surface area contributed by atoms with E-state index in [0.717, 1.165) is 0 Å². The van der Waals surface area contributed by atoms with Gasteiger partial charge in [-0.1, -0.05) is 6.92 Å². The van der Waals surface area contributed by atoms with Gasteiger partial charge in [0.2, 0.25) is 0 Å². The Kier molecular flexibility index (Phi) is 2.23. The van der Waals surface area contributed by atoms with Crippen LogP contribution in [0.3, 0.4) is 0 Å². The highest BCUT2D eigenvalue weighted by molar-refractivity contribution is 4.93. The zero-order valence-electron chi connectivity index (χ0n) is 6.99. The molecule has 0 bridgehead atoms. The zero-order valence-corrected chi connectivity index (χ0v) is 6.99. The van der Waals surface area contributed by atoms with E-state index < -0.39 is 17.8 Å². The Morgan fingerprint density at radius 2 is 1.91 bits per heavy atom. The molecule has 4 unspecified atom stereocenters. The molecular weight excluding hydrogens is 144 g/mol. The van der Waals surface area contributed by atoms with E-state index in [4.69, 9.17) is 0 Å². The summed E-state index contributed by atoms with van der Waals surface area (Å²) in [6, 6.07) is 0. The molecule has 1 saturated carbocycles. The lowest BCUT2D eigenvalue weighted by Crippen LogP contribution is -2.50. The van der Waals surface area contributed by atoms with Gasteiger partial charge in [0.1, 0.15) is 0 Å². The molecule has 3 nitrogen and oxygen atoms in total. The number of aliphatic hydroxyl groups excluding tert-OH is 2. The van der Waals surface area contributed by atoms with Crippen molar-refractivity contribution >= 4 is 0 Å². The highest BCUT2D eigenvalue weighted by atomic mass is 16.3. The smallest absolute Gasteiger partial charge is 0.0904 e. The van der Waals surface area contributed by atoms with Gasteiger partial charge in [0.15, 0.2) is 0 Å². The van der Waals surface area contributed by atoms with Crippen molar-refractivity contribution in [1.82, 2.24) is 0 Å². The minimum absolute atomic E-state index is 0.0197. The van der Waals surface area contributed by atoms with E-state index in [1.807, 2.05) is 6.92 Å². The predicted octanol–water partition coefficient (Wildman–Crippen LogP) is -0.111. The lowest BCUT2D eigenvalue weighted by molar-refractivity contribution is -0.140. The predicted molar refractivity (Wildman–Crippen MR) is 41.0 cm³/mol. The van der Waals surface area contributed by atoms with E-state index in [-0.39, 0.29) is 12.3 Å². The van der Waals surface area contributed by atoms with Crippen LogP contribution in [0.15, 0.2) is 0 Å². The van der Waals surface area contributed by atoms with Crippen molar-refractivity contribution in [3.8, 4) is 0 Å². The lowest BCUT2D eigenvalue weighted by Gasteiger charge is -2.40.